The topological polar surface area (TPSA) is 79.8 Å². The largest absolute Gasteiger partial charge is 0.489 e. The van der Waals surface area contributed by atoms with E-state index in [1.54, 1.807) is 49.4 Å². The SMILES string of the molecule is C/C(=N\NC(=O)C(=O)Nc1ccccc1F)c1ccc(OCc2ccc(Cl)cc2Cl)cc1. The summed E-state index contributed by atoms with van der Waals surface area (Å²) in [4.78, 5) is 23.8. The minimum absolute atomic E-state index is 0.0937. The molecule has 0 spiro atoms. The molecule has 0 saturated heterocycles. The number of nitrogens with one attached hydrogen (secondary N) is 2. The average Bonchev–Trinajstić information content (AvgIpc) is 2.78. The van der Waals surface area contributed by atoms with Gasteiger partial charge in [0.05, 0.1) is 11.4 Å². The quantitative estimate of drug-likeness (QED) is 0.293. The van der Waals surface area contributed by atoms with E-state index in [0.717, 1.165) is 5.56 Å². The second-order valence-corrected chi connectivity index (χ2v) is 7.46. The summed E-state index contributed by atoms with van der Waals surface area (Å²) >= 11 is 12.0. The predicted molar refractivity (Wildman–Crippen MR) is 123 cm³/mol. The average molecular weight is 474 g/mol. The van der Waals surface area contributed by atoms with Gasteiger partial charge in [0.25, 0.3) is 0 Å². The molecule has 164 valence electrons. The Labute approximate surface area is 194 Å². The smallest absolute Gasteiger partial charge is 0.329 e. The van der Waals surface area contributed by atoms with Gasteiger partial charge in [0.1, 0.15) is 18.2 Å². The lowest BCUT2D eigenvalue weighted by Gasteiger charge is -2.09. The van der Waals surface area contributed by atoms with E-state index in [2.05, 4.69) is 15.8 Å². The normalized spacial score (nSPS) is 11.1. The number of halogens is 3. The van der Waals surface area contributed by atoms with Crippen molar-refractivity contribution in [1.82, 2.24) is 5.43 Å². The lowest BCUT2D eigenvalue weighted by molar-refractivity contribution is -0.136. The number of benzene rings is 3. The van der Waals surface area contributed by atoms with E-state index >= 15 is 0 Å². The first-order chi connectivity index (χ1) is 15.3. The second kappa shape index (κ2) is 10.7. The number of amides is 2. The Morgan fingerprint density at radius 2 is 1.72 bits per heavy atom. The maximum atomic E-state index is 13.6. The Morgan fingerprint density at radius 1 is 1.00 bits per heavy atom. The van der Waals surface area contributed by atoms with Crippen LogP contribution in [0.15, 0.2) is 71.8 Å². The molecule has 6 nitrogen and oxygen atoms in total. The van der Waals surface area contributed by atoms with Gasteiger partial charge >= 0.3 is 11.8 Å². The van der Waals surface area contributed by atoms with Gasteiger partial charge in [0.2, 0.25) is 0 Å². The summed E-state index contributed by atoms with van der Waals surface area (Å²) in [6.45, 7) is 1.94. The molecule has 3 rings (SSSR count). The summed E-state index contributed by atoms with van der Waals surface area (Å²) in [7, 11) is 0. The van der Waals surface area contributed by atoms with E-state index in [1.807, 2.05) is 0 Å². The van der Waals surface area contributed by atoms with Crippen molar-refractivity contribution in [2.45, 2.75) is 13.5 Å². The van der Waals surface area contributed by atoms with Crippen molar-refractivity contribution in [3.63, 3.8) is 0 Å². The molecule has 32 heavy (non-hydrogen) atoms. The molecule has 2 amide bonds. The van der Waals surface area contributed by atoms with Gasteiger partial charge in [-0.2, -0.15) is 5.10 Å². The van der Waals surface area contributed by atoms with E-state index in [4.69, 9.17) is 27.9 Å². The van der Waals surface area contributed by atoms with Gasteiger partial charge in [-0.05, 0) is 61.0 Å². The molecule has 0 aliphatic heterocycles. The van der Waals surface area contributed by atoms with Crippen LogP contribution in [-0.2, 0) is 16.2 Å². The Morgan fingerprint density at radius 3 is 2.41 bits per heavy atom. The van der Waals surface area contributed by atoms with Crippen LogP contribution in [0.1, 0.15) is 18.1 Å². The monoisotopic (exact) mass is 473 g/mol. The summed E-state index contributed by atoms with van der Waals surface area (Å²) < 4.78 is 19.3. The standard InChI is InChI=1S/C23H18Cl2FN3O3/c1-14(28-29-23(31)22(30)27-21-5-3-2-4-20(21)26)15-7-10-18(11-8-15)32-13-16-6-9-17(24)12-19(16)25/h2-12H,13H2,1H3,(H,27,30)(H,29,31)/b28-14+. The van der Waals surface area contributed by atoms with Gasteiger partial charge in [-0.15, -0.1) is 0 Å². The summed E-state index contributed by atoms with van der Waals surface area (Å²) in [6.07, 6.45) is 0. The first-order valence-electron chi connectivity index (χ1n) is 9.41. The van der Waals surface area contributed by atoms with Crippen molar-refractivity contribution in [3.8, 4) is 5.75 Å². The van der Waals surface area contributed by atoms with Crippen molar-refractivity contribution in [2.75, 3.05) is 5.32 Å². The molecular weight excluding hydrogens is 456 g/mol. The van der Waals surface area contributed by atoms with Crippen LogP contribution in [-0.4, -0.2) is 17.5 Å². The number of carbonyl (C=O) groups excluding carboxylic acids is 2. The van der Waals surface area contributed by atoms with Gasteiger partial charge in [-0.1, -0.05) is 41.4 Å². The van der Waals surface area contributed by atoms with Gasteiger partial charge in [-0.3, -0.25) is 9.59 Å². The van der Waals surface area contributed by atoms with Crippen LogP contribution >= 0.6 is 23.2 Å². The fourth-order valence-electron chi connectivity index (χ4n) is 2.58. The van der Waals surface area contributed by atoms with Gasteiger partial charge in [0, 0.05) is 15.6 Å². The zero-order valence-electron chi connectivity index (χ0n) is 16.9. The molecule has 0 heterocycles. The van der Waals surface area contributed by atoms with Crippen LogP contribution in [0.3, 0.4) is 0 Å². The molecule has 0 radical (unpaired) electrons. The number of rotatable bonds is 6. The van der Waals surface area contributed by atoms with Crippen molar-refractivity contribution < 1.29 is 18.7 Å². The van der Waals surface area contributed by atoms with Crippen LogP contribution in [0.2, 0.25) is 10.0 Å². The third-order valence-electron chi connectivity index (χ3n) is 4.33. The molecule has 0 aromatic heterocycles. The first kappa shape index (κ1) is 23.2. The van der Waals surface area contributed by atoms with Crippen LogP contribution in [0.25, 0.3) is 0 Å². The maximum Gasteiger partial charge on any atom is 0.329 e. The molecule has 0 aliphatic carbocycles. The zero-order chi connectivity index (χ0) is 23.1. The molecule has 0 aliphatic rings. The third kappa shape index (κ3) is 6.29. The fraction of sp³-hybridized carbons (Fsp3) is 0.0870. The number of para-hydroxylation sites is 1. The zero-order valence-corrected chi connectivity index (χ0v) is 18.4. The van der Waals surface area contributed by atoms with Crippen molar-refractivity contribution in [1.29, 1.82) is 0 Å². The molecule has 3 aromatic carbocycles. The van der Waals surface area contributed by atoms with Crippen LogP contribution in [0, 0.1) is 5.82 Å². The highest BCUT2D eigenvalue weighted by molar-refractivity contribution is 6.39. The van der Waals surface area contributed by atoms with E-state index < -0.39 is 17.6 Å². The summed E-state index contributed by atoms with van der Waals surface area (Å²) in [5, 5.41) is 7.17. The van der Waals surface area contributed by atoms with E-state index in [-0.39, 0.29) is 12.3 Å². The molecule has 0 atom stereocenters. The van der Waals surface area contributed by atoms with E-state index in [0.29, 0.717) is 27.1 Å². The molecule has 0 fully saturated rings. The first-order valence-corrected chi connectivity index (χ1v) is 10.2. The Kier molecular flexibility index (Phi) is 7.81. The molecular formula is C23H18Cl2FN3O3. The number of anilines is 1. The summed E-state index contributed by atoms with van der Waals surface area (Å²) in [6, 6.07) is 17.7. The van der Waals surface area contributed by atoms with Gasteiger partial charge < -0.3 is 10.1 Å². The molecule has 3 aromatic rings. The number of hydrogen-bond acceptors (Lipinski definition) is 4. The number of hydrogen-bond donors (Lipinski definition) is 2. The number of nitrogens with zero attached hydrogens (tertiary/aromatic N) is 1. The highest BCUT2D eigenvalue weighted by Crippen LogP contribution is 2.23. The van der Waals surface area contributed by atoms with Gasteiger partial charge in [0.15, 0.2) is 0 Å². The lowest BCUT2D eigenvalue weighted by Crippen LogP contribution is -2.33. The van der Waals surface area contributed by atoms with Gasteiger partial charge in [-0.25, -0.2) is 9.82 Å². The second-order valence-electron chi connectivity index (χ2n) is 6.62. The Hall–Kier alpha value is -3.42. The lowest BCUT2D eigenvalue weighted by atomic mass is 10.1. The predicted octanol–water partition coefficient (Wildman–Crippen LogP) is 5.19. The number of hydrazone groups is 1. The molecule has 0 bridgehead atoms. The highest BCUT2D eigenvalue weighted by Gasteiger charge is 2.15. The summed E-state index contributed by atoms with van der Waals surface area (Å²) in [5.41, 5.74) is 4.02. The number of carbonyl (C=O) groups is 2. The van der Waals surface area contributed by atoms with Crippen LogP contribution in [0.4, 0.5) is 10.1 Å². The molecule has 2 N–H and O–H groups in total. The molecule has 9 heteroatoms. The van der Waals surface area contributed by atoms with E-state index in [9.17, 15) is 14.0 Å². The third-order valence-corrected chi connectivity index (χ3v) is 4.92. The van der Waals surface area contributed by atoms with Crippen molar-refractivity contribution in [3.05, 3.63) is 93.7 Å². The Bertz CT molecular complexity index is 1170. The summed E-state index contributed by atoms with van der Waals surface area (Å²) in [5.74, 6) is -2.08. The Balaban J connectivity index is 1.55. The minimum Gasteiger partial charge on any atom is -0.489 e. The van der Waals surface area contributed by atoms with Crippen LogP contribution in [0.5, 0.6) is 5.75 Å². The fourth-order valence-corrected chi connectivity index (χ4v) is 3.05. The van der Waals surface area contributed by atoms with Crippen LogP contribution < -0.4 is 15.5 Å². The number of ether oxygens (including phenoxy) is 1. The molecule has 0 saturated carbocycles. The molecule has 0 unspecified atom stereocenters. The van der Waals surface area contributed by atoms with E-state index in [1.165, 1.54) is 24.3 Å². The minimum atomic E-state index is -1.03. The van der Waals surface area contributed by atoms with Crippen molar-refractivity contribution in [2.24, 2.45) is 5.10 Å². The maximum absolute atomic E-state index is 13.6. The van der Waals surface area contributed by atoms with Crippen molar-refractivity contribution >= 4 is 46.4 Å². The highest BCUT2D eigenvalue weighted by atomic mass is 35.5.